The summed E-state index contributed by atoms with van der Waals surface area (Å²) in [6, 6.07) is 0. The molecule has 4 nitrogen and oxygen atoms in total. The van der Waals surface area contributed by atoms with Gasteiger partial charge in [-0.3, -0.25) is 4.79 Å². The maximum atomic E-state index is 12.0. The third kappa shape index (κ3) is 3.13. The lowest BCUT2D eigenvalue weighted by Gasteiger charge is -2.60. The number of carbonyl (C=O) groups is 1. The van der Waals surface area contributed by atoms with Gasteiger partial charge in [-0.05, 0) is 54.4 Å². The highest BCUT2D eigenvalue weighted by Crippen LogP contribution is 2.58. The Morgan fingerprint density at radius 2 is 1.96 bits per heavy atom. The van der Waals surface area contributed by atoms with Crippen molar-refractivity contribution in [3.8, 4) is 0 Å². The molecule has 0 saturated heterocycles. The fourth-order valence-electron chi connectivity index (χ4n) is 6.28. The first-order valence-corrected chi connectivity index (χ1v) is 10.4. The van der Waals surface area contributed by atoms with E-state index < -0.39 is 11.7 Å². The first kappa shape index (κ1) is 19.9. The maximum absolute atomic E-state index is 12.0. The first-order chi connectivity index (χ1) is 12.2. The number of aliphatic hydroxyl groups is 2. The van der Waals surface area contributed by atoms with Crippen LogP contribution in [-0.2, 0) is 9.53 Å². The van der Waals surface area contributed by atoms with Gasteiger partial charge in [0.05, 0.1) is 11.7 Å². The smallest absolute Gasteiger partial charge is 0.302 e. The summed E-state index contributed by atoms with van der Waals surface area (Å²) in [5.74, 6) is 1.35. The Morgan fingerprint density at radius 3 is 2.58 bits per heavy atom. The summed E-state index contributed by atoms with van der Waals surface area (Å²) in [5, 5.41) is 23.3. The van der Waals surface area contributed by atoms with E-state index in [1.54, 1.807) is 0 Å². The van der Waals surface area contributed by atoms with Crippen molar-refractivity contribution in [2.45, 2.75) is 72.0 Å². The average molecular weight is 365 g/mol. The summed E-state index contributed by atoms with van der Waals surface area (Å²) in [6.07, 6.45) is 5.69. The average Bonchev–Trinajstić information content (AvgIpc) is 2.56. The van der Waals surface area contributed by atoms with Crippen LogP contribution < -0.4 is 0 Å². The van der Waals surface area contributed by atoms with Crippen LogP contribution in [0.1, 0.15) is 60.3 Å². The molecule has 0 radical (unpaired) electrons. The minimum atomic E-state index is -0.869. The van der Waals surface area contributed by atoms with Crippen LogP contribution in [0.5, 0.6) is 0 Å². The highest BCUT2D eigenvalue weighted by atomic mass is 16.5. The number of carbonyl (C=O) groups excluding carboxylic acids is 1. The summed E-state index contributed by atoms with van der Waals surface area (Å²) < 4.78 is 5.24. The van der Waals surface area contributed by atoms with E-state index in [-0.39, 0.29) is 30.3 Å². The predicted octanol–water partition coefficient (Wildman–Crippen LogP) is 3.56. The van der Waals surface area contributed by atoms with E-state index in [0.29, 0.717) is 23.7 Å². The molecule has 4 heteroatoms. The maximum Gasteiger partial charge on any atom is 0.302 e. The van der Waals surface area contributed by atoms with Gasteiger partial charge in [0.2, 0.25) is 0 Å². The zero-order chi connectivity index (χ0) is 19.2. The van der Waals surface area contributed by atoms with Crippen molar-refractivity contribution in [1.82, 2.24) is 0 Å². The van der Waals surface area contributed by atoms with E-state index >= 15 is 0 Å². The molecule has 0 heterocycles. The quantitative estimate of drug-likeness (QED) is 0.593. The van der Waals surface area contributed by atoms with Gasteiger partial charge in [-0.25, -0.2) is 0 Å². The fraction of sp³-hybridized carbons (Fsp3) is 0.864. The molecule has 4 bridgehead atoms. The Bertz CT molecular complexity index is 568. The lowest BCUT2D eigenvalue weighted by atomic mass is 9.48. The number of hydrogen-bond donors (Lipinski definition) is 2. The fourth-order valence-corrected chi connectivity index (χ4v) is 6.28. The molecule has 2 N–H and O–H groups in total. The highest BCUT2D eigenvalue weighted by Gasteiger charge is 2.61. The molecule has 0 aliphatic heterocycles. The molecule has 3 rings (SSSR count). The number of aliphatic hydroxyl groups excluding tert-OH is 1. The van der Waals surface area contributed by atoms with Gasteiger partial charge < -0.3 is 14.9 Å². The van der Waals surface area contributed by atoms with Crippen LogP contribution in [0.4, 0.5) is 0 Å². The van der Waals surface area contributed by atoms with E-state index in [1.807, 2.05) is 0 Å². The summed E-state index contributed by atoms with van der Waals surface area (Å²) in [5.41, 5.74) is -0.0789. The van der Waals surface area contributed by atoms with Crippen molar-refractivity contribution in [3.05, 3.63) is 11.6 Å². The zero-order valence-corrected chi connectivity index (χ0v) is 16.9. The van der Waals surface area contributed by atoms with Crippen molar-refractivity contribution in [1.29, 1.82) is 0 Å². The van der Waals surface area contributed by atoms with E-state index in [9.17, 15) is 15.0 Å². The van der Waals surface area contributed by atoms with E-state index in [2.05, 4.69) is 33.8 Å². The van der Waals surface area contributed by atoms with Crippen LogP contribution in [0.15, 0.2) is 11.6 Å². The van der Waals surface area contributed by atoms with Gasteiger partial charge in [0.1, 0.15) is 6.61 Å². The van der Waals surface area contributed by atoms with Crippen molar-refractivity contribution in [2.75, 3.05) is 6.61 Å². The zero-order valence-electron chi connectivity index (χ0n) is 16.9. The van der Waals surface area contributed by atoms with Gasteiger partial charge in [0.25, 0.3) is 0 Å². The molecular weight excluding hydrogens is 328 g/mol. The van der Waals surface area contributed by atoms with Gasteiger partial charge in [-0.1, -0.05) is 40.2 Å². The first-order valence-electron chi connectivity index (χ1n) is 10.4. The molecule has 3 aliphatic carbocycles. The largest absolute Gasteiger partial charge is 0.461 e. The molecule has 0 amide bonds. The van der Waals surface area contributed by atoms with Gasteiger partial charge in [-0.2, -0.15) is 0 Å². The number of hydrogen-bond acceptors (Lipinski definition) is 4. The Morgan fingerprint density at radius 1 is 1.27 bits per heavy atom. The minimum absolute atomic E-state index is 0.0201. The molecule has 0 aromatic rings. The lowest BCUT2D eigenvalue weighted by Crippen LogP contribution is -2.65. The van der Waals surface area contributed by atoms with Crippen molar-refractivity contribution >= 4 is 5.97 Å². The molecule has 26 heavy (non-hydrogen) atoms. The molecule has 0 spiro atoms. The van der Waals surface area contributed by atoms with Crippen LogP contribution in [0.25, 0.3) is 0 Å². The topological polar surface area (TPSA) is 66.8 Å². The van der Waals surface area contributed by atoms with Crippen LogP contribution >= 0.6 is 0 Å². The third-order valence-electron chi connectivity index (χ3n) is 7.81. The third-order valence-corrected chi connectivity index (χ3v) is 7.81. The summed E-state index contributed by atoms with van der Waals surface area (Å²) in [7, 11) is 0. The molecule has 2 saturated carbocycles. The normalized spacial score (nSPS) is 45.5. The molecule has 2 unspecified atom stereocenters. The second-order valence-electron chi connectivity index (χ2n) is 9.51. The number of ether oxygens (including phenoxy) is 1. The van der Waals surface area contributed by atoms with Crippen LogP contribution in [0, 0.1) is 41.4 Å². The molecule has 8 atom stereocenters. The van der Waals surface area contributed by atoms with Crippen LogP contribution in [0.3, 0.4) is 0 Å². The molecular formula is C22H36O4. The SMILES string of the molecule is CC(=O)OCC1=C[C@H]2C(C(C)C)CCC(C)[C@@H]3CC[C@@H](C)[C@@]2(O)[C@@H]3[C@@H]1O. The predicted molar refractivity (Wildman–Crippen MR) is 101 cm³/mol. The molecule has 2 fully saturated rings. The standard InChI is InChI=1S/C22H36O4/c1-12(2)17-8-6-13(3)18-9-7-14(4)22(25)19(17)10-16(11-26-15(5)23)21(24)20(18)22/h10,12-14,17-21,24-25H,6-9,11H2,1-5H3/t13?,14-,17?,18+,19+,20+,21-,22+/m1/s1. The van der Waals surface area contributed by atoms with Gasteiger partial charge >= 0.3 is 5.97 Å². The Kier molecular flexibility index (Phi) is 5.56. The second-order valence-corrected chi connectivity index (χ2v) is 9.51. The van der Waals surface area contributed by atoms with Crippen molar-refractivity contribution in [3.63, 3.8) is 0 Å². The number of esters is 1. The Balaban J connectivity index is 2.10. The lowest BCUT2D eigenvalue weighted by molar-refractivity contribution is -0.203. The van der Waals surface area contributed by atoms with Crippen LogP contribution in [0.2, 0.25) is 0 Å². The summed E-state index contributed by atoms with van der Waals surface area (Å²) >= 11 is 0. The Hall–Kier alpha value is -0.870. The van der Waals surface area contributed by atoms with E-state index in [4.69, 9.17) is 4.74 Å². The second kappa shape index (κ2) is 7.27. The Labute approximate surface area is 158 Å². The minimum Gasteiger partial charge on any atom is -0.461 e. The van der Waals surface area contributed by atoms with Crippen molar-refractivity contribution < 1.29 is 19.7 Å². The van der Waals surface area contributed by atoms with E-state index in [0.717, 1.165) is 31.3 Å². The van der Waals surface area contributed by atoms with Crippen molar-refractivity contribution in [2.24, 2.45) is 41.4 Å². The molecule has 0 aromatic heterocycles. The summed E-state index contributed by atoms with van der Waals surface area (Å²) in [4.78, 5) is 11.3. The highest BCUT2D eigenvalue weighted by molar-refractivity contribution is 5.66. The number of rotatable bonds is 3. The molecule has 0 aromatic carbocycles. The van der Waals surface area contributed by atoms with Gasteiger partial charge in [-0.15, -0.1) is 0 Å². The molecule has 148 valence electrons. The monoisotopic (exact) mass is 364 g/mol. The molecule has 3 aliphatic rings. The van der Waals surface area contributed by atoms with E-state index in [1.165, 1.54) is 6.92 Å². The summed E-state index contributed by atoms with van der Waals surface area (Å²) in [6.45, 7) is 10.5. The van der Waals surface area contributed by atoms with Gasteiger partial charge in [0.15, 0.2) is 0 Å². The van der Waals surface area contributed by atoms with Crippen LogP contribution in [-0.4, -0.2) is 34.5 Å². The van der Waals surface area contributed by atoms with Gasteiger partial charge in [0, 0.05) is 18.8 Å².